The number of nitrogens with zero attached hydrogens (tertiary/aromatic N) is 1. The zero-order chi connectivity index (χ0) is 14.5. The maximum Gasteiger partial charge on any atom is 0.250 e. The summed E-state index contributed by atoms with van der Waals surface area (Å²) in [7, 11) is 3.68. The van der Waals surface area contributed by atoms with Crippen LogP contribution in [0.1, 0.15) is 17.9 Å². The van der Waals surface area contributed by atoms with Crippen LogP contribution in [-0.4, -0.2) is 51.2 Å². The molecular formula is C15H22F2N2O. The molecule has 2 unspecified atom stereocenters. The molecule has 2 atom stereocenters. The molecule has 0 saturated carbocycles. The first-order valence-corrected chi connectivity index (χ1v) is 6.92. The number of piperidine rings is 1. The molecule has 1 aromatic rings. The number of rotatable bonds is 5. The Morgan fingerprint density at radius 2 is 2.20 bits per heavy atom. The average Bonchev–Trinajstić information content (AvgIpc) is 2.44. The van der Waals surface area contributed by atoms with E-state index in [1.807, 2.05) is 25.2 Å². The summed E-state index contributed by atoms with van der Waals surface area (Å²) in [5, 5.41) is 2.96. The van der Waals surface area contributed by atoms with Crippen LogP contribution in [-0.2, 0) is 0 Å². The van der Waals surface area contributed by atoms with Gasteiger partial charge in [-0.25, -0.2) is 8.78 Å². The lowest BCUT2D eigenvalue weighted by molar-refractivity contribution is 0.127. The lowest BCUT2D eigenvalue weighted by Crippen LogP contribution is -2.48. The van der Waals surface area contributed by atoms with E-state index in [9.17, 15) is 8.78 Å². The molecule has 1 heterocycles. The number of ether oxygens (including phenoxy) is 1. The van der Waals surface area contributed by atoms with Gasteiger partial charge in [-0.3, -0.25) is 0 Å². The molecule has 0 radical (unpaired) electrons. The van der Waals surface area contributed by atoms with Crippen molar-refractivity contribution in [1.29, 1.82) is 0 Å². The Morgan fingerprint density at radius 1 is 1.40 bits per heavy atom. The Labute approximate surface area is 118 Å². The Balaban J connectivity index is 2.03. The van der Waals surface area contributed by atoms with Gasteiger partial charge >= 0.3 is 0 Å². The summed E-state index contributed by atoms with van der Waals surface area (Å²) < 4.78 is 29.9. The molecule has 5 heteroatoms. The maximum absolute atomic E-state index is 12.3. The number of alkyl halides is 2. The van der Waals surface area contributed by atoms with Gasteiger partial charge in [0.2, 0.25) is 0 Å². The van der Waals surface area contributed by atoms with Crippen LogP contribution in [0.3, 0.4) is 0 Å². The minimum Gasteiger partial charge on any atom is -0.497 e. The number of halogens is 2. The van der Waals surface area contributed by atoms with Gasteiger partial charge in [0.15, 0.2) is 0 Å². The summed E-state index contributed by atoms with van der Waals surface area (Å²) in [5.41, 5.74) is 1.21. The SMILES string of the molecule is COc1cccc(C2CC(NCC(F)F)CN(C)C2)c1. The van der Waals surface area contributed by atoms with E-state index >= 15 is 0 Å². The molecule has 2 rings (SSSR count). The molecule has 112 valence electrons. The van der Waals surface area contributed by atoms with E-state index < -0.39 is 6.43 Å². The van der Waals surface area contributed by atoms with Gasteiger partial charge < -0.3 is 15.0 Å². The molecule has 1 fully saturated rings. The van der Waals surface area contributed by atoms with Crippen LogP contribution in [0.25, 0.3) is 0 Å². The number of likely N-dealkylation sites (N-methyl/N-ethyl adjacent to an activating group) is 1. The van der Waals surface area contributed by atoms with E-state index in [0.717, 1.165) is 25.3 Å². The van der Waals surface area contributed by atoms with Crippen LogP contribution in [0, 0.1) is 0 Å². The molecule has 20 heavy (non-hydrogen) atoms. The normalized spacial score (nSPS) is 24.1. The van der Waals surface area contributed by atoms with Gasteiger partial charge in [0, 0.05) is 19.1 Å². The van der Waals surface area contributed by atoms with Crippen molar-refractivity contribution in [1.82, 2.24) is 10.2 Å². The molecule has 0 spiro atoms. The second-order valence-corrected chi connectivity index (χ2v) is 5.43. The van der Waals surface area contributed by atoms with E-state index in [-0.39, 0.29) is 12.6 Å². The quantitative estimate of drug-likeness (QED) is 0.898. The standard InChI is InChI=1S/C15H22F2N2O/c1-19-9-12(6-13(10-19)18-8-15(16)17)11-4-3-5-14(7-11)20-2/h3-5,7,12-13,15,18H,6,8-10H2,1-2H3. The monoisotopic (exact) mass is 284 g/mol. The van der Waals surface area contributed by atoms with E-state index in [1.165, 1.54) is 5.56 Å². The first kappa shape index (κ1) is 15.2. The van der Waals surface area contributed by atoms with Crippen molar-refractivity contribution in [3.05, 3.63) is 29.8 Å². The van der Waals surface area contributed by atoms with Gasteiger partial charge in [-0.1, -0.05) is 12.1 Å². The third-order valence-electron chi connectivity index (χ3n) is 3.76. The summed E-state index contributed by atoms with van der Waals surface area (Å²) in [6, 6.07) is 8.12. The van der Waals surface area contributed by atoms with E-state index in [2.05, 4.69) is 16.3 Å². The zero-order valence-electron chi connectivity index (χ0n) is 12.0. The molecule has 0 aliphatic carbocycles. The Kier molecular flexibility index (Phi) is 5.31. The highest BCUT2D eigenvalue weighted by Crippen LogP contribution is 2.28. The van der Waals surface area contributed by atoms with Gasteiger partial charge in [0.05, 0.1) is 13.7 Å². The first-order valence-electron chi connectivity index (χ1n) is 6.92. The van der Waals surface area contributed by atoms with E-state index in [4.69, 9.17) is 4.74 Å². The van der Waals surface area contributed by atoms with E-state index in [0.29, 0.717) is 5.92 Å². The molecule has 0 bridgehead atoms. The fourth-order valence-corrected chi connectivity index (χ4v) is 2.86. The van der Waals surface area contributed by atoms with Gasteiger partial charge in [0.25, 0.3) is 6.43 Å². The largest absolute Gasteiger partial charge is 0.497 e. The second-order valence-electron chi connectivity index (χ2n) is 5.43. The summed E-state index contributed by atoms with van der Waals surface area (Å²) >= 11 is 0. The van der Waals surface area contributed by atoms with Crippen LogP contribution in [0.4, 0.5) is 8.78 Å². The van der Waals surface area contributed by atoms with Crippen LogP contribution < -0.4 is 10.1 Å². The third kappa shape index (κ3) is 4.15. The van der Waals surface area contributed by atoms with Crippen molar-refractivity contribution in [3.63, 3.8) is 0 Å². The predicted octanol–water partition coefficient (Wildman–Crippen LogP) is 2.34. The minimum absolute atomic E-state index is 0.110. The molecule has 1 N–H and O–H groups in total. The number of nitrogens with one attached hydrogen (secondary N) is 1. The van der Waals surface area contributed by atoms with Crippen LogP contribution >= 0.6 is 0 Å². The van der Waals surface area contributed by atoms with Crippen molar-refractivity contribution in [2.45, 2.75) is 24.8 Å². The minimum atomic E-state index is -2.29. The molecule has 1 aliphatic heterocycles. The predicted molar refractivity (Wildman–Crippen MR) is 75.6 cm³/mol. The summed E-state index contributed by atoms with van der Waals surface area (Å²) in [6.07, 6.45) is -1.41. The highest BCUT2D eigenvalue weighted by molar-refractivity contribution is 5.31. The van der Waals surface area contributed by atoms with Gasteiger partial charge in [0.1, 0.15) is 5.75 Å². The van der Waals surface area contributed by atoms with Gasteiger partial charge in [-0.05, 0) is 37.1 Å². The zero-order valence-corrected chi connectivity index (χ0v) is 12.0. The lowest BCUT2D eigenvalue weighted by atomic mass is 9.88. The van der Waals surface area contributed by atoms with Crippen LogP contribution in [0.5, 0.6) is 5.75 Å². The number of benzene rings is 1. The van der Waals surface area contributed by atoms with Gasteiger partial charge in [-0.2, -0.15) is 0 Å². The van der Waals surface area contributed by atoms with Crippen molar-refractivity contribution < 1.29 is 13.5 Å². The number of hydrogen-bond acceptors (Lipinski definition) is 3. The van der Waals surface area contributed by atoms with Crippen molar-refractivity contribution in [2.24, 2.45) is 0 Å². The molecule has 3 nitrogen and oxygen atoms in total. The number of methoxy groups -OCH3 is 1. The second kappa shape index (κ2) is 6.99. The Hall–Kier alpha value is -1.20. The molecule has 0 aromatic heterocycles. The third-order valence-corrected chi connectivity index (χ3v) is 3.76. The van der Waals surface area contributed by atoms with Gasteiger partial charge in [-0.15, -0.1) is 0 Å². The fraction of sp³-hybridized carbons (Fsp3) is 0.600. The Morgan fingerprint density at radius 3 is 2.90 bits per heavy atom. The topological polar surface area (TPSA) is 24.5 Å². The van der Waals surface area contributed by atoms with E-state index in [1.54, 1.807) is 7.11 Å². The number of hydrogen-bond donors (Lipinski definition) is 1. The van der Waals surface area contributed by atoms with Crippen molar-refractivity contribution in [3.8, 4) is 5.75 Å². The lowest BCUT2D eigenvalue weighted by Gasteiger charge is -2.36. The molecule has 1 aliphatic rings. The molecule has 0 amide bonds. The summed E-state index contributed by atoms with van der Waals surface area (Å²) in [4.78, 5) is 2.19. The summed E-state index contributed by atoms with van der Waals surface area (Å²) in [6.45, 7) is 1.52. The first-order chi connectivity index (χ1) is 9.58. The van der Waals surface area contributed by atoms with Crippen molar-refractivity contribution >= 4 is 0 Å². The Bertz CT molecular complexity index is 428. The average molecular weight is 284 g/mol. The van der Waals surface area contributed by atoms with Crippen LogP contribution in [0.15, 0.2) is 24.3 Å². The fourth-order valence-electron chi connectivity index (χ4n) is 2.86. The highest BCUT2D eigenvalue weighted by atomic mass is 19.3. The maximum atomic E-state index is 12.3. The number of likely N-dealkylation sites (tertiary alicyclic amines) is 1. The molecular weight excluding hydrogens is 262 g/mol. The van der Waals surface area contributed by atoms with Crippen LogP contribution in [0.2, 0.25) is 0 Å². The molecule has 1 saturated heterocycles. The molecule has 1 aromatic carbocycles. The van der Waals surface area contributed by atoms with Crippen molar-refractivity contribution in [2.75, 3.05) is 33.8 Å². The summed E-state index contributed by atoms with van der Waals surface area (Å²) in [5.74, 6) is 1.19. The highest BCUT2D eigenvalue weighted by Gasteiger charge is 2.26. The smallest absolute Gasteiger partial charge is 0.250 e.